The van der Waals surface area contributed by atoms with Crippen LogP contribution in [0.5, 0.6) is 0 Å². The Hall–Kier alpha value is -3.02. The molecule has 0 aliphatic carbocycles. The van der Waals surface area contributed by atoms with Gasteiger partial charge in [0.05, 0.1) is 16.8 Å². The molecule has 0 saturated heterocycles. The summed E-state index contributed by atoms with van der Waals surface area (Å²) < 4.78 is 32.4. The molecule has 184 valence electrons. The SMILES string of the molecule is CCOC(=O)Cn1c(=NC(=O)CS(=O)(=O)CC(=O)N2CCc3ccccc32)sc2cc(Cl)ccc21. The molecule has 0 atom stereocenters. The molecule has 0 bridgehead atoms. The molecule has 0 radical (unpaired) electrons. The number of thiazole rings is 1. The minimum atomic E-state index is -4.07. The Morgan fingerprint density at radius 2 is 1.91 bits per heavy atom. The van der Waals surface area contributed by atoms with Crippen molar-refractivity contribution in [3.05, 3.63) is 57.9 Å². The quantitative estimate of drug-likeness (QED) is 0.429. The van der Waals surface area contributed by atoms with Crippen LogP contribution in [0.4, 0.5) is 5.69 Å². The summed E-state index contributed by atoms with van der Waals surface area (Å²) in [5.41, 5.74) is 2.26. The van der Waals surface area contributed by atoms with Crippen molar-refractivity contribution in [2.45, 2.75) is 19.9 Å². The largest absolute Gasteiger partial charge is 0.465 e. The van der Waals surface area contributed by atoms with Crippen LogP contribution in [-0.2, 0) is 41.9 Å². The Morgan fingerprint density at radius 1 is 1.14 bits per heavy atom. The molecule has 3 aromatic rings. The molecule has 1 aliphatic heterocycles. The summed E-state index contributed by atoms with van der Waals surface area (Å²) >= 11 is 7.15. The lowest BCUT2D eigenvalue weighted by atomic mass is 10.2. The molecule has 2 amide bonds. The van der Waals surface area contributed by atoms with Gasteiger partial charge in [0.15, 0.2) is 14.6 Å². The Balaban J connectivity index is 1.55. The third kappa shape index (κ3) is 5.80. The van der Waals surface area contributed by atoms with Gasteiger partial charge in [-0.25, -0.2) is 8.42 Å². The van der Waals surface area contributed by atoms with E-state index in [1.165, 1.54) is 9.47 Å². The third-order valence-electron chi connectivity index (χ3n) is 5.33. The van der Waals surface area contributed by atoms with Gasteiger partial charge in [-0.2, -0.15) is 4.99 Å². The number of aromatic nitrogens is 1. The molecule has 0 unspecified atom stereocenters. The van der Waals surface area contributed by atoms with Crippen LogP contribution in [0.25, 0.3) is 10.2 Å². The molecule has 0 N–H and O–H groups in total. The molecular formula is C23H22ClN3O6S2. The van der Waals surface area contributed by atoms with Crippen molar-refractivity contribution >= 4 is 66.5 Å². The minimum Gasteiger partial charge on any atom is -0.465 e. The summed E-state index contributed by atoms with van der Waals surface area (Å²) in [6, 6.07) is 12.3. The van der Waals surface area contributed by atoms with E-state index < -0.39 is 39.1 Å². The van der Waals surface area contributed by atoms with E-state index in [9.17, 15) is 22.8 Å². The number of hydrogen-bond acceptors (Lipinski definition) is 7. The lowest BCUT2D eigenvalue weighted by Gasteiger charge is -2.17. The van der Waals surface area contributed by atoms with Gasteiger partial charge in [0, 0.05) is 17.3 Å². The molecule has 9 nitrogen and oxygen atoms in total. The lowest BCUT2D eigenvalue weighted by Crippen LogP contribution is -2.36. The molecule has 0 saturated carbocycles. The second-order valence-corrected chi connectivity index (χ2v) is 11.4. The number of anilines is 1. The summed E-state index contributed by atoms with van der Waals surface area (Å²) in [4.78, 5) is 42.9. The first-order valence-electron chi connectivity index (χ1n) is 10.8. The van der Waals surface area contributed by atoms with Crippen LogP contribution in [0.1, 0.15) is 12.5 Å². The van der Waals surface area contributed by atoms with Crippen molar-refractivity contribution in [1.82, 2.24) is 4.57 Å². The number of amides is 2. The molecule has 1 aliphatic rings. The molecule has 4 rings (SSSR count). The Bertz CT molecular complexity index is 1490. The minimum absolute atomic E-state index is 0.135. The number of esters is 1. The third-order valence-corrected chi connectivity index (χ3v) is 7.98. The van der Waals surface area contributed by atoms with Gasteiger partial charge in [-0.3, -0.25) is 14.4 Å². The highest BCUT2D eigenvalue weighted by Crippen LogP contribution is 2.27. The fraction of sp³-hybridized carbons (Fsp3) is 0.304. The first-order chi connectivity index (χ1) is 16.7. The van der Waals surface area contributed by atoms with Crippen LogP contribution in [0.3, 0.4) is 0 Å². The van der Waals surface area contributed by atoms with E-state index in [-0.39, 0.29) is 18.0 Å². The van der Waals surface area contributed by atoms with Crippen molar-refractivity contribution in [3.8, 4) is 0 Å². The van der Waals surface area contributed by atoms with Gasteiger partial charge >= 0.3 is 5.97 Å². The van der Waals surface area contributed by atoms with Crippen LogP contribution in [0.2, 0.25) is 5.02 Å². The van der Waals surface area contributed by atoms with Crippen LogP contribution in [-0.4, -0.2) is 55.4 Å². The lowest BCUT2D eigenvalue weighted by molar-refractivity contribution is -0.143. The smallest absolute Gasteiger partial charge is 0.326 e. The number of ether oxygens (including phenoxy) is 1. The van der Waals surface area contributed by atoms with Gasteiger partial charge in [-0.05, 0) is 43.2 Å². The zero-order valence-electron chi connectivity index (χ0n) is 18.8. The number of halogens is 1. The second kappa shape index (κ2) is 10.3. The highest BCUT2D eigenvalue weighted by Gasteiger charge is 2.29. The standard InChI is InChI=1S/C23H22ClN3O6S2/c1-2-33-22(30)12-27-18-8-7-16(24)11-19(18)34-23(27)25-20(28)13-35(31,32)14-21(29)26-10-9-15-5-3-4-6-17(15)26/h3-8,11H,2,9-10,12-14H2,1H3. The number of nitrogens with zero attached hydrogens (tertiary/aromatic N) is 3. The van der Waals surface area contributed by atoms with Crippen molar-refractivity contribution in [3.63, 3.8) is 0 Å². The van der Waals surface area contributed by atoms with Crippen molar-refractivity contribution in [2.75, 3.05) is 29.6 Å². The zero-order valence-corrected chi connectivity index (χ0v) is 21.2. The fourth-order valence-corrected chi connectivity index (χ4v) is 6.26. The highest BCUT2D eigenvalue weighted by molar-refractivity contribution is 7.92. The Kier molecular flexibility index (Phi) is 7.39. The van der Waals surface area contributed by atoms with E-state index in [0.29, 0.717) is 33.9 Å². The summed E-state index contributed by atoms with van der Waals surface area (Å²) in [5, 5.41) is 0.462. The molecule has 1 aromatic heterocycles. The van der Waals surface area contributed by atoms with Gasteiger partial charge in [0.2, 0.25) is 5.91 Å². The Morgan fingerprint density at radius 3 is 2.69 bits per heavy atom. The van der Waals surface area contributed by atoms with Crippen LogP contribution in [0.15, 0.2) is 47.5 Å². The van der Waals surface area contributed by atoms with E-state index in [4.69, 9.17) is 16.3 Å². The summed E-state index contributed by atoms with van der Waals surface area (Å²) in [6.07, 6.45) is 0.645. The van der Waals surface area contributed by atoms with Crippen LogP contribution >= 0.6 is 22.9 Å². The van der Waals surface area contributed by atoms with E-state index in [2.05, 4.69) is 4.99 Å². The molecular weight excluding hydrogens is 514 g/mol. The number of sulfone groups is 1. The first kappa shape index (κ1) is 25.1. The number of hydrogen-bond donors (Lipinski definition) is 0. The van der Waals surface area contributed by atoms with Crippen LogP contribution < -0.4 is 9.70 Å². The van der Waals surface area contributed by atoms with Gasteiger partial charge in [-0.1, -0.05) is 41.1 Å². The van der Waals surface area contributed by atoms with Crippen LogP contribution in [0, 0.1) is 0 Å². The number of carbonyl (C=O) groups is 3. The molecule has 12 heteroatoms. The van der Waals surface area contributed by atoms with Crippen molar-refractivity contribution in [1.29, 1.82) is 0 Å². The van der Waals surface area contributed by atoms with Gasteiger partial charge < -0.3 is 14.2 Å². The van der Waals surface area contributed by atoms with E-state index >= 15 is 0 Å². The number of fused-ring (bicyclic) bond motifs is 2. The number of benzene rings is 2. The maximum Gasteiger partial charge on any atom is 0.326 e. The maximum absolute atomic E-state index is 12.7. The average Bonchev–Trinajstić information content (AvgIpc) is 3.34. The van der Waals surface area contributed by atoms with Gasteiger partial charge in [-0.15, -0.1) is 0 Å². The molecule has 0 fully saturated rings. The van der Waals surface area contributed by atoms with Crippen molar-refractivity contribution < 1.29 is 27.5 Å². The normalized spacial score (nSPS) is 13.8. The van der Waals surface area contributed by atoms with E-state index in [1.807, 2.05) is 12.1 Å². The van der Waals surface area contributed by atoms with Crippen molar-refractivity contribution in [2.24, 2.45) is 4.99 Å². The molecule has 35 heavy (non-hydrogen) atoms. The number of carbonyl (C=O) groups excluding carboxylic acids is 3. The average molecular weight is 536 g/mol. The maximum atomic E-state index is 12.7. The molecule has 2 heterocycles. The highest BCUT2D eigenvalue weighted by atomic mass is 35.5. The Labute approximate surface area is 210 Å². The topological polar surface area (TPSA) is 115 Å². The monoisotopic (exact) mass is 535 g/mol. The van der Waals surface area contributed by atoms with E-state index in [0.717, 1.165) is 16.9 Å². The van der Waals surface area contributed by atoms with E-state index in [1.54, 1.807) is 37.3 Å². The fourth-order valence-electron chi connectivity index (χ4n) is 3.86. The molecule has 2 aromatic carbocycles. The van der Waals surface area contributed by atoms with Gasteiger partial charge in [0.1, 0.15) is 18.1 Å². The number of para-hydroxylation sites is 1. The summed E-state index contributed by atoms with van der Waals surface area (Å²) in [5.74, 6) is -3.78. The second-order valence-electron chi connectivity index (χ2n) is 7.85. The summed E-state index contributed by atoms with van der Waals surface area (Å²) in [7, 11) is -4.07. The predicted molar refractivity (Wildman–Crippen MR) is 133 cm³/mol. The first-order valence-corrected chi connectivity index (χ1v) is 13.8. The number of rotatable bonds is 7. The predicted octanol–water partition coefficient (Wildman–Crippen LogP) is 2.35. The summed E-state index contributed by atoms with van der Waals surface area (Å²) in [6.45, 7) is 2.05. The molecule has 0 spiro atoms. The van der Waals surface area contributed by atoms with Gasteiger partial charge in [0.25, 0.3) is 5.91 Å². The zero-order chi connectivity index (χ0) is 25.2.